The summed E-state index contributed by atoms with van der Waals surface area (Å²) in [6.07, 6.45) is 5.55. The van der Waals surface area contributed by atoms with E-state index in [2.05, 4.69) is 35.7 Å². The monoisotopic (exact) mass is 276 g/mol. The second-order valence-electron chi connectivity index (χ2n) is 3.48. The van der Waals surface area contributed by atoms with Crippen molar-refractivity contribution in [2.24, 2.45) is 0 Å². The predicted molar refractivity (Wildman–Crippen MR) is 77.3 cm³/mol. The third-order valence-electron chi connectivity index (χ3n) is 2.28. The summed E-state index contributed by atoms with van der Waals surface area (Å²) in [5, 5.41) is 2.20. The lowest BCUT2D eigenvalue weighted by molar-refractivity contribution is -0.106. The van der Waals surface area contributed by atoms with Crippen LogP contribution in [-0.4, -0.2) is 5.12 Å². The summed E-state index contributed by atoms with van der Waals surface area (Å²) in [4.78, 5) is 15.9. The van der Waals surface area contributed by atoms with Gasteiger partial charge >= 0.3 is 0 Å². The molecule has 2 aromatic heterocycles. The van der Waals surface area contributed by atoms with Crippen molar-refractivity contribution >= 4 is 45.6 Å². The van der Waals surface area contributed by atoms with Crippen LogP contribution in [0.4, 0.5) is 0 Å². The second-order valence-corrected chi connectivity index (χ2v) is 6.62. The van der Waals surface area contributed by atoms with E-state index in [1.165, 1.54) is 26.4 Å². The average Bonchev–Trinajstić information content (AvgIpc) is 3.00. The van der Waals surface area contributed by atoms with E-state index in [4.69, 9.17) is 0 Å². The lowest BCUT2D eigenvalue weighted by Gasteiger charge is -1.90. The van der Waals surface area contributed by atoms with Crippen LogP contribution in [-0.2, 0) is 4.79 Å². The molecule has 1 aliphatic rings. The first-order valence-electron chi connectivity index (χ1n) is 5.06. The Bertz CT molecular complexity index is 602. The highest BCUT2D eigenvalue weighted by atomic mass is 32.2. The highest BCUT2D eigenvalue weighted by Crippen LogP contribution is 2.34. The van der Waals surface area contributed by atoms with Crippen LogP contribution < -0.4 is 0 Å². The van der Waals surface area contributed by atoms with E-state index in [9.17, 15) is 4.79 Å². The van der Waals surface area contributed by atoms with E-state index in [1.807, 2.05) is 6.08 Å². The normalized spacial score (nSPS) is 17.2. The maximum Gasteiger partial charge on any atom is 0.216 e. The highest BCUT2D eigenvalue weighted by molar-refractivity contribution is 8.18. The van der Waals surface area contributed by atoms with Crippen LogP contribution in [0.1, 0.15) is 4.88 Å². The summed E-state index contributed by atoms with van der Waals surface area (Å²) in [6, 6.07) is 8.42. The van der Waals surface area contributed by atoms with Crippen LogP contribution in [0, 0.1) is 0 Å². The number of allylic oxidation sites excluding steroid dienone is 1. The van der Waals surface area contributed by atoms with Gasteiger partial charge in [-0.3, -0.25) is 4.79 Å². The number of carbonyl (C=O) groups excluding carboxylic acids is 1. The van der Waals surface area contributed by atoms with Crippen molar-refractivity contribution < 1.29 is 4.79 Å². The summed E-state index contributed by atoms with van der Waals surface area (Å²) < 4.78 is 0. The first-order chi connectivity index (χ1) is 8.31. The summed E-state index contributed by atoms with van der Waals surface area (Å²) in [5.41, 5.74) is 0. The van der Waals surface area contributed by atoms with E-state index < -0.39 is 0 Å². The zero-order chi connectivity index (χ0) is 11.7. The summed E-state index contributed by atoms with van der Waals surface area (Å²) in [5.74, 6) is 0. The molecular weight excluding hydrogens is 268 g/mol. The molecule has 3 heterocycles. The minimum Gasteiger partial charge on any atom is -0.282 e. The smallest absolute Gasteiger partial charge is 0.216 e. The van der Waals surface area contributed by atoms with Crippen LogP contribution >= 0.6 is 34.4 Å². The van der Waals surface area contributed by atoms with Gasteiger partial charge in [-0.05, 0) is 53.6 Å². The molecule has 2 aromatic rings. The molecule has 3 rings (SSSR count). The SMILES string of the molecule is O=C1C=CC(=Cc2ccc(-c3cccs3)s2)S1. The van der Waals surface area contributed by atoms with E-state index in [0.717, 1.165) is 4.91 Å². The van der Waals surface area contributed by atoms with E-state index >= 15 is 0 Å². The Morgan fingerprint density at radius 3 is 2.71 bits per heavy atom. The standard InChI is InChI=1S/C13H8OS3/c14-13-6-4-10(17-13)8-9-3-5-12(16-9)11-2-1-7-15-11/h1-8H. The van der Waals surface area contributed by atoms with Crippen LogP contribution in [0.5, 0.6) is 0 Å². The number of thiophene rings is 2. The summed E-state index contributed by atoms with van der Waals surface area (Å²) in [7, 11) is 0. The van der Waals surface area contributed by atoms with E-state index in [0.29, 0.717) is 0 Å². The summed E-state index contributed by atoms with van der Waals surface area (Å²) in [6.45, 7) is 0. The molecule has 84 valence electrons. The minimum absolute atomic E-state index is 0.117. The molecule has 0 fully saturated rings. The first-order valence-corrected chi connectivity index (χ1v) is 7.58. The molecule has 0 radical (unpaired) electrons. The Balaban J connectivity index is 1.87. The molecule has 0 saturated carbocycles. The highest BCUT2D eigenvalue weighted by Gasteiger charge is 2.10. The van der Waals surface area contributed by atoms with Gasteiger partial charge in [0, 0.05) is 19.5 Å². The molecule has 17 heavy (non-hydrogen) atoms. The third-order valence-corrected chi connectivity index (χ3v) is 5.20. The molecule has 0 spiro atoms. The Kier molecular flexibility index (Phi) is 3.01. The van der Waals surface area contributed by atoms with Crippen LogP contribution in [0.25, 0.3) is 15.8 Å². The second kappa shape index (κ2) is 4.64. The van der Waals surface area contributed by atoms with Gasteiger partial charge in [-0.2, -0.15) is 0 Å². The van der Waals surface area contributed by atoms with Gasteiger partial charge in [0.15, 0.2) is 0 Å². The maximum atomic E-state index is 11.1. The zero-order valence-corrected chi connectivity index (χ0v) is 11.2. The molecular formula is C13H8OS3. The van der Waals surface area contributed by atoms with Gasteiger partial charge in [0.25, 0.3) is 0 Å². The Morgan fingerprint density at radius 2 is 2.00 bits per heavy atom. The molecule has 0 saturated heterocycles. The van der Waals surface area contributed by atoms with Gasteiger partial charge in [-0.1, -0.05) is 6.07 Å². The van der Waals surface area contributed by atoms with E-state index in [1.54, 1.807) is 28.7 Å². The third kappa shape index (κ3) is 2.44. The van der Waals surface area contributed by atoms with Crippen LogP contribution in [0.3, 0.4) is 0 Å². The van der Waals surface area contributed by atoms with Crippen molar-refractivity contribution in [3.63, 3.8) is 0 Å². The fraction of sp³-hybridized carbons (Fsp3) is 0. The van der Waals surface area contributed by atoms with Crippen molar-refractivity contribution in [1.29, 1.82) is 0 Å². The minimum atomic E-state index is 0.117. The van der Waals surface area contributed by atoms with Crippen molar-refractivity contribution in [1.82, 2.24) is 0 Å². The number of thioether (sulfide) groups is 1. The van der Waals surface area contributed by atoms with Crippen molar-refractivity contribution in [2.75, 3.05) is 0 Å². The molecule has 4 heteroatoms. The van der Waals surface area contributed by atoms with Crippen molar-refractivity contribution in [2.45, 2.75) is 0 Å². The fourth-order valence-electron chi connectivity index (χ4n) is 1.53. The van der Waals surface area contributed by atoms with Gasteiger partial charge in [-0.15, -0.1) is 22.7 Å². The first kappa shape index (κ1) is 11.0. The molecule has 0 aliphatic carbocycles. The molecule has 0 bridgehead atoms. The Morgan fingerprint density at radius 1 is 1.06 bits per heavy atom. The quantitative estimate of drug-likeness (QED) is 0.794. The van der Waals surface area contributed by atoms with Gasteiger partial charge < -0.3 is 0 Å². The van der Waals surface area contributed by atoms with Gasteiger partial charge in [-0.25, -0.2) is 0 Å². The topological polar surface area (TPSA) is 17.1 Å². The molecule has 0 atom stereocenters. The summed E-state index contributed by atoms with van der Waals surface area (Å²) >= 11 is 4.79. The zero-order valence-electron chi connectivity index (χ0n) is 8.75. The average molecular weight is 276 g/mol. The predicted octanol–water partition coefficient (Wildman–Crippen LogP) is 4.65. The number of carbonyl (C=O) groups is 1. The lowest BCUT2D eigenvalue weighted by atomic mass is 10.3. The number of hydrogen-bond donors (Lipinski definition) is 0. The Hall–Kier alpha value is -1.10. The fourth-order valence-corrected chi connectivity index (χ4v) is 4.09. The molecule has 1 aliphatic heterocycles. The van der Waals surface area contributed by atoms with Crippen molar-refractivity contribution in [3.05, 3.63) is 51.6 Å². The number of hydrogen-bond acceptors (Lipinski definition) is 4. The van der Waals surface area contributed by atoms with Crippen molar-refractivity contribution in [3.8, 4) is 9.75 Å². The van der Waals surface area contributed by atoms with Gasteiger partial charge in [0.1, 0.15) is 0 Å². The maximum absolute atomic E-state index is 11.1. The van der Waals surface area contributed by atoms with Gasteiger partial charge in [0.2, 0.25) is 5.12 Å². The lowest BCUT2D eigenvalue weighted by Crippen LogP contribution is -1.73. The molecule has 0 amide bonds. The molecule has 0 unspecified atom stereocenters. The van der Waals surface area contributed by atoms with E-state index in [-0.39, 0.29) is 5.12 Å². The molecule has 1 nitrogen and oxygen atoms in total. The molecule has 0 aromatic carbocycles. The Labute approximate surface area is 111 Å². The number of rotatable bonds is 2. The largest absolute Gasteiger partial charge is 0.282 e. The van der Waals surface area contributed by atoms with Crippen LogP contribution in [0.15, 0.2) is 46.7 Å². The van der Waals surface area contributed by atoms with Crippen LogP contribution in [0.2, 0.25) is 0 Å². The molecule has 0 N–H and O–H groups in total. The van der Waals surface area contributed by atoms with Gasteiger partial charge in [0.05, 0.1) is 0 Å².